The molecule has 0 aliphatic heterocycles. The predicted octanol–water partition coefficient (Wildman–Crippen LogP) is 3.92. The van der Waals surface area contributed by atoms with Crippen LogP contribution in [0.1, 0.15) is 44.1 Å². The first-order valence-corrected chi connectivity index (χ1v) is 7.31. The number of carbonyl (C=O) groups is 1. The van der Waals surface area contributed by atoms with Crippen molar-refractivity contribution in [3.63, 3.8) is 0 Å². The normalized spacial score (nSPS) is 21.5. The van der Waals surface area contributed by atoms with Crippen molar-refractivity contribution in [1.29, 1.82) is 5.26 Å². The molecule has 1 aliphatic rings. The minimum absolute atomic E-state index is 0.195. The number of hydroxylamine groups is 1. The molecule has 0 heterocycles. The van der Waals surface area contributed by atoms with Gasteiger partial charge in [0.25, 0.3) is 0 Å². The summed E-state index contributed by atoms with van der Waals surface area (Å²) in [6.45, 7) is 2.05. The Labute approximate surface area is 124 Å². The smallest absolute Gasteiger partial charge is 0.436 e. The van der Waals surface area contributed by atoms with Crippen LogP contribution < -0.4 is 5.06 Å². The highest BCUT2D eigenvalue weighted by Crippen LogP contribution is 2.36. The summed E-state index contributed by atoms with van der Waals surface area (Å²) in [7, 11) is 0. The highest BCUT2D eigenvalue weighted by atomic mass is 16.7. The molecule has 0 radical (unpaired) electrons. The van der Waals surface area contributed by atoms with Crippen LogP contribution in [0.3, 0.4) is 0 Å². The van der Waals surface area contributed by atoms with E-state index < -0.39 is 6.09 Å². The van der Waals surface area contributed by atoms with E-state index in [0.29, 0.717) is 18.2 Å². The SMILES string of the molecule is CCON(C(=O)O)c1ccc(C2CCC(C#N)CC2)cc1. The number of hydrogen-bond acceptors (Lipinski definition) is 3. The summed E-state index contributed by atoms with van der Waals surface area (Å²) in [6.07, 6.45) is 2.81. The fraction of sp³-hybridized carbons (Fsp3) is 0.500. The third-order valence-corrected chi connectivity index (χ3v) is 3.94. The minimum Gasteiger partial charge on any atom is -0.463 e. The van der Waals surface area contributed by atoms with Crippen LogP contribution in [0, 0.1) is 17.2 Å². The number of hydrogen-bond donors (Lipinski definition) is 1. The Morgan fingerprint density at radius 2 is 1.95 bits per heavy atom. The molecule has 1 amide bonds. The van der Waals surface area contributed by atoms with Gasteiger partial charge in [0, 0.05) is 5.92 Å². The lowest BCUT2D eigenvalue weighted by atomic mass is 9.79. The molecule has 0 bridgehead atoms. The number of anilines is 1. The van der Waals surface area contributed by atoms with Gasteiger partial charge < -0.3 is 5.11 Å². The fourth-order valence-electron chi connectivity index (χ4n) is 2.81. The maximum absolute atomic E-state index is 11.1. The first kappa shape index (κ1) is 15.3. The summed E-state index contributed by atoms with van der Waals surface area (Å²) in [4.78, 5) is 16.2. The maximum Gasteiger partial charge on any atom is 0.436 e. The first-order valence-electron chi connectivity index (χ1n) is 7.31. The minimum atomic E-state index is -1.13. The molecule has 0 spiro atoms. The zero-order valence-corrected chi connectivity index (χ0v) is 12.2. The Bertz CT molecular complexity index is 513. The lowest BCUT2D eigenvalue weighted by Crippen LogP contribution is -2.29. The van der Waals surface area contributed by atoms with E-state index in [4.69, 9.17) is 15.2 Å². The molecule has 0 atom stereocenters. The van der Waals surface area contributed by atoms with Crippen molar-refractivity contribution >= 4 is 11.8 Å². The van der Waals surface area contributed by atoms with Crippen molar-refractivity contribution in [2.75, 3.05) is 11.7 Å². The molecule has 0 unspecified atom stereocenters. The van der Waals surface area contributed by atoms with Crippen molar-refractivity contribution < 1.29 is 14.7 Å². The van der Waals surface area contributed by atoms with E-state index in [9.17, 15) is 4.79 Å². The number of rotatable bonds is 4. The zero-order chi connectivity index (χ0) is 15.2. The van der Waals surface area contributed by atoms with E-state index in [2.05, 4.69) is 6.07 Å². The number of benzene rings is 1. The molecule has 1 aromatic rings. The lowest BCUT2D eigenvalue weighted by Gasteiger charge is -2.25. The van der Waals surface area contributed by atoms with E-state index >= 15 is 0 Å². The predicted molar refractivity (Wildman–Crippen MR) is 78.9 cm³/mol. The second-order valence-corrected chi connectivity index (χ2v) is 5.26. The van der Waals surface area contributed by atoms with Crippen LogP contribution >= 0.6 is 0 Å². The summed E-state index contributed by atoms with van der Waals surface area (Å²) in [5, 5.41) is 18.9. The van der Waals surface area contributed by atoms with Gasteiger partial charge in [0.2, 0.25) is 0 Å². The molecule has 1 fully saturated rings. The van der Waals surface area contributed by atoms with E-state index in [0.717, 1.165) is 30.7 Å². The number of carboxylic acid groups (broad SMARTS) is 1. The molecule has 2 rings (SSSR count). The molecular weight excluding hydrogens is 268 g/mol. The maximum atomic E-state index is 11.1. The van der Waals surface area contributed by atoms with E-state index in [-0.39, 0.29) is 5.92 Å². The molecule has 0 saturated heterocycles. The first-order chi connectivity index (χ1) is 10.2. The summed E-state index contributed by atoms with van der Waals surface area (Å²) >= 11 is 0. The number of nitrogens with zero attached hydrogens (tertiary/aromatic N) is 2. The van der Waals surface area contributed by atoms with Crippen LogP contribution in [0.2, 0.25) is 0 Å². The van der Waals surface area contributed by atoms with Gasteiger partial charge in [-0.15, -0.1) is 0 Å². The number of amides is 1. The van der Waals surface area contributed by atoms with Gasteiger partial charge in [0.1, 0.15) is 0 Å². The highest BCUT2D eigenvalue weighted by molar-refractivity contribution is 5.83. The molecule has 112 valence electrons. The van der Waals surface area contributed by atoms with Crippen LogP contribution in [-0.4, -0.2) is 17.8 Å². The monoisotopic (exact) mass is 288 g/mol. The van der Waals surface area contributed by atoms with Crippen molar-refractivity contribution in [1.82, 2.24) is 0 Å². The highest BCUT2D eigenvalue weighted by Gasteiger charge is 2.22. The van der Waals surface area contributed by atoms with Gasteiger partial charge in [-0.3, -0.25) is 4.84 Å². The Morgan fingerprint density at radius 3 is 2.43 bits per heavy atom. The Morgan fingerprint density at radius 1 is 1.33 bits per heavy atom. The fourth-order valence-corrected chi connectivity index (χ4v) is 2.81. The lowest BCUT2D eigenvalue weighted by molar-refractivity contribution is 0.103. The van der Waals surface area contributed by atoms with E-state index in [1.165, 1.54) is 5.56 Å². The van der Waals surface area contributed by atoms with Gasteiger partial charge >= 0.3 is 6.09 Å². The second kappa shape index (κ2) is 7.09. The van der Waals surface area contributed by atoms with Gasteiger partial charge in [-0.2, -0.15) is 10.3 Å². The molecule has 5 heteroatoms. The molecule has 21 heavy (non-hydrogen) atoms. The Balaban J connectivity index is 2.05. The molecular formula is C16H20N2O3. The molecule has 1 saturated carbocycles. The standard InChI is InChI=1S/C16H20N2O3/c1-2-21-18(16(19)20)15-9-7-14(8-10-15)13-5-3-12(11-17)4-6-13/h7-10,12-13H,2-6H2,1H3,(H,19,20). The second-order valence-electron chi connectivity index (χ2n) is 5.26. The van der Waals surface area contributed by atoms with Crippen LogP contribution in [-0.2, 0) is 4.84 Å². The average molecular weight is 288 g/mol. The van der Waals surface area contributed by atoms with Crippen molar-refractivity contribution in [2.45, 2.75) is 38.5 Å². The zero-order valence-electron chi connectivity index (χ0n) is 12.2. The van der Waals surface area contributed by atoms with E-state index in [1.54, 1.807) is 19.1 Å². The molecule has 5 nitrogen and oxygen atoms in total. The summed E-state index contributed by atoms with van der Waals surface area (Å²) in [5.41, 5.74) is 1.72. The van der Waals surface area contributed by atoms with Gasteiger partial charge in [-0.25, -0.2) is 4.79 Å². The Kier molecular flexibility index (Phi) is 5.18. The average Bonchev–Trinajstić information content (AvgIpc) is 2.53. The van der Waals surface area contributed by atoms with Crippen LogP contribution in [0.25, 0.3) is 0 Å². The van der Waals surface area contributed by atoms with Crippen LogP contribution in [0.15, 0.2) is 24.3 Å². The van der Waals surface area contributed by atoms with Gasteiger partial charge in [0.15, 0.2) is 0 Å². The number of nitriles is 1. The Hall–Kier alpha value is -2.06. The van der Waals surface area contributed by atoms with Crippen molar-refractivity contribution in [3.8, 4) is 6.07 Å². The van der Waals surface area contributed by atoms with E-state index in [1.807, 2.05) is 12.1 Å². The van der Waals surface area contributed by atoms with Gasteiger partial charge in [0.05, 0.1) is 18.4 Å². The topological polar surface area (TPSA) is 73.6 Å². The third kappa shape index (κ3) is 3.73. The molecule has 1 aromatic carbocycles. The van der Waals surface area contributed by atoms with Crippen LogP contribution in [0.4, 0.5) is 10.5 Å². The molecule has 1 N–H and O–H groups in total. The largest absolute Gasteiger partial charge is 0.463 e. The third-order valence-electron chi connectivity index (χ3n) is 3.94. The van der Waals surface area contributed by atoms with Crippen LogP contribution in [0.5, 0.6) is 0 Å². The molecule has 1 aliphatic carbocycles. The molecule has 0 aromatic heterocycles. The van der Waals surface area contributed by atoms with Gasteiger partial charge in [-0.1, -0.05) is 12.1 Å². The summed E-state index contributed by atoms with van der Waals surface area (Å²) < 4.78 is 0. The quantitative estimate of drug-likeness (QED) is 0.852. The van der Waals surface area contributed by atoms with Gasteiger partial charge in [-0.05, 0) is 56.2 Å². The summed E-state index contributed by atoms with van der Waals surface area (Å²) in [5.74, 6) is 0.662. The van der Waals surface area contributed by atoms with Crippen molar-refractivity contribution in [2.24, 2.45) is 5.92 Å². The summed E-state index contributed by atoms with van der Waals surface area (Å²) in [6, 6.07) is 9.80. The van der Waals surface area contributed by atoms with Crippen molar-refractivity contribution in [3.05, 3.63) is 29.8 Å².